The molecule has 0 fully saturated rings. The lowest BCUT2D eigenvalue weighted by Crippen LogP contribution is -2.23. The standard InChI is InChI=1S/C12H10N4O6S/c13-23(20,21)10-4-2-1-3-9(10)12(17)15-14-7-8-5-6-11(22-8)16(18)19/h1-7H,(H,15,17)(H2,13,20,21). The molecule has 10 nitrogen and oxygen atoms in total. The van der Waals surface area contributed by atoms with E-state index in [1.807, 2.05) is 0 Å². The van der Waals surface area contributed by atoms with Gasteiger partial charge in [-0.05, 0) is 18.2 Å². The molecule has 1 amide bonds. The van der Waals surface area contributed by atoms with Crippen LogP contribution in [0.25, 0.3) is 0 Å². The van der Waals surface area contributed by atoms with Gasteiger partial charge in [-0.25, -0.2) is 19.0 Å². The smallest absolute Gasteiger partial charge is 0.400 e. The lowest BCUT2D eigenvalue weighted by atomic mass is 10.2. The molecule has 0 aliphatic heterocycles. The molecule has 120 valence electrons. The third-order valence-electron chi connectivity index (χ3n) is 2.59. The molecule has 0 spiro atoms. The lowest BCUT2D eigenvalue weighted by molar-refractivity contribution is -0.402. The third-order valence-corrected chi connectivity index (χ3v) is 3.56. The van der Waals surface area contributed by atoms with Crippen LogP contribution in [-0.4, -0.2) is 25.5 Å². The first kappa shape index (κ1) is 16.3. The molecule has 0 unspecified atom stereocenters. The molecule has 1 aromatic carbocycles. The molecular formula is C12H10N4O6S. The van der Waals surface area contributed by atoms with Gasteiger partial charge in [-0.3, -0.25) is 14.9 Å². The second-order valence-corrected chi connectivity index (χ2v) is 5.70. The highest BCUT2D eigenvalue weighted by Gasteiger charge is 2.18. The molecule has 1 aromatic heterocycles. The summed E-state index contributed by atoms with van der Waals surface area (Å²) in [5.74, 6) is -1.25. The zero-order valence-electron chi connectivity index (χ0n) is 11.4. The van der Waals surface area contributed by atoms with Gasteiger partial charge >= 0.3 is 5.88 Å². The van der Waals surface area contributed by atoms with Gasteiger partial charge < -0.3 is 4.42 Å². The van der Waals surface area contributed by atoms with Crippen molar-refractivity contribution >= 4 is 28.0 Å². The number of carbonyl (C=O) groups excluding carboxylic acids is 1. The first-order valence-corrected chi connectivity index (χ1v) is 7.53. The SMILES string of the molecule is NS(=O)(=O)c1ccccc1C(=O)NN=Cc1ccc([N+](=O)[O-])o1. The summed E-state index contributed by atoms with van der Waals surface area (Å²) >= 11 is 0. The number of benzene rings is 1. The Bertz CT molecular complexity index is 886. The molecule has 0 saturated carbocycles. The van der Waals surface area contributed by atoms with Gasteiger partial charge in [-0.2, -0.15) is 5.10 Å². The number of hydrogen-bond acceptors (Lipinski definition) is 7. The molecule has 11 heteroatoms. The number of nitrogens with one attached hydrogen (secondary N) is 1. The highest BCUT2D eigenvalue weighted by atomic mass is 32.2. The Hall–Kier alpha value is -3.05. The molecule has 0 atom stereocenters. The number of hydrogen-bond donors (Lipinski definition) is 2. The zero-order valence-corrected chi connectivity index (χ0v) is 12.2. The van der Waals surface area contributed by atoms with Crippen molar-refractivity contribution in [2.75, 3.05) is 0 Å². The van der Waals surface area contributed by atoms with E-state index in [9.17, 15) is 23.3 Å². The van der Waals surface area contributed by atoms with Crippen LogP contribution in [0.5, 0.6) is 0 Å². The van der Waals surface area contributed by atoms with Gasteiger partial charge in [-0.15, -0.1) is 0 Å². The quantitative estimate of drug-likeness (QED) is 0.461. The predicted octanol–water partition coefficient (Wildman–Crippen LogP) is 0.599. The van der Waals surface area contributed by atoms with Crippen LogP contribution in [-0.2, 0) is 10.0 Å². The fraction of sp³-hybridized carbons (Fsp3) is 0. The molecule has 0 radical (unpaired) electrons. The number of nitro groups is 1. The topological polar surface area (TPSA) is 158 Å². The van der Waals surface area contributed by atoms with Crippen molar-refractivity contribution < 1.29 is 22.6 Å². The van der Waals surface area contributed by atoms with Gasteiger partial charge in [0, 0.05) is 0 Å². The summed E-state index contributed by atoms with van der Waals surface area (Å²) in [4.78, 5) is 21.3. The van der Waals surface area contributed by atoms with Crippen molar-refractivity contribution in [1.82, 2.24) is 5.43 Å². The Balaban J connectivity index is 2.14. The lowest BCUT2D eigenvalue weighted by Gasteiger charge is -2.05. The minimum absolute atomic E-state index is 0.0386. The first-order valence-electron chi connectivity index (χ1n) is 5.98. The molecule has 0 aliphatic rings. The van der Waals surface area contributed by atoms with Gasteiger partial charge in [0.15, 0.2) is 5.76 Å². The van der Waals surface area contributed by atoms with Gasteiger partial charge in [-0.1, -0.05) is 12.1 Å². The van der Waals surface area contributed by atoms with Crippen molar-refractivity contribution in [3.8, 4) is 0 Å². The van der Waals surface area contributed by atoms with Gasteiger partial charge in [0.2, 0.25) is 10.0 Å². The van der Waals surface area contributed by atoms with Gasteiger partial charge in [0.05, 0.1) is 22.7 Å². The average Bonchev–Trinajstić information content (AvgIpc) is 2.95. The van der Waals surface area contributed by atoms with Crippen molar-refractivity contribution in [3.05, 3.63) is 57.8 Å². The number of sulfonamides is 1. The Labute approximate surface area is 129 Å². The van der Waals surface area contributed by atoms with Crippen molar-refractivity contribution in [2.24, 2.45) is 10.2 Å². The van der Waals surface area contributed by atoms with Crippen LogP contribution in [0, 0.1) is 10.1 Å². The maximum absolute atomic E-state index is 11.9. The highest BCUT2D eigenvalue weighted by molar-refractivity contribution is 7.89. The maximum Gasteiger partial charge on any atom is 0.433 e. The number of amides is 1. The summed E-state index contributed by atoms with van der Waals surface area (Å²) in [7, 11) is -4.07. The summed E-state index contributed by atoms with van der Waals surface area (Å²) in [6.45, 7) is 0. The average molecular weight is 338 g/mol. The molecule has 2 rings (SSSR count). The first-order chi connectivity index (χ1) is 10.8. The van der Waals surface area contributed by atoms with E-state index < -0.39 is 26.7 Å². The van der Waals surface area contributed by atoms with Crippen LogP contribution in [0.4, 0.5) is 5.88 Å². The molecule has 0 bridgehead atoms. The highest BCUT2D eigenvalue weighted by Crippen LogP contribution is 2.14. The molecule has 0 aliphatic carbocycles. The van der Waals surface area contributed by atoms with Crippen LogP contribution in [0.15, 0.2) is 50.8 Å². The molecular weight excluding hydrogens is 328 g/mol. The number of rotatable bonds is 5. The Morgan fingerprint density at radius 2 is 2.00 bits per heavy atom. The van der Waals surface area contributed by atoms with Crippen molar-refractivity contribution in [1.29, 1.82) is 0 Å². The van der Waals surface area contributed by atoms with Crippen LogP contribution in [0.1, 0.15) is 16.1 Å². The summed E-state index contributed by atoms with van der Waals surface area (Å²) in [5.41, 5.74) is 1.90. The molecule has 2 aromatic rings. The van der Waals surface area contributed by atoms with E-state index in [0.717, 1.165) is 12.3 Å². The van der Waals surface area contributed by atoms with Crippen molar-refractivity contribution in [3.63, 3.8) is 0 Å². The number of hydrazone groups is 1. The third kappa shape index (κ3) is 3.99. The van der Waals surface area contributed by atoms with Crippen LogP contribution in [0.2, 0.25) is 0 Å². The molecule has 3 N–H and O–H groups in total. The van der Waals surface area contributed by atoms with Gasteiger partial charge in [0.1, 0.15) is 4.92 Å². The summed E-state index contributed by atoms with van der Waals surface area (Å²) < 4.78 is 27.6. The van der Waals surface area contributed by atoms with Crippen LogP contribution >= 0.6 is 0 Å². The molecule has 0 saturated heterocycles. The van der Waals surface area contributed by atoms with E-state index in [4.69, 9.17) is 9.56 Å². The minimum Gasteiger partial charge on any atom is -0.400 e. The van der Waals surface area contributed by atoms with Crippen LogP contribution < -0.4 is 10.6 Å². The summed E-state index contributed by atoms with van der Waals surface area (Å²) in [5, 5.41) is 19.0. The van der Waals surface area contributed by atoms with Crippen LogP contribution in [0.3, 0.4) is 0 Å². The number of nitrogens with zero attached hydrogens (tertiary/aromatic N) is 2. The second kappa shape index (κ2) is 6.37. The Kier molecular flexibility index (Phi) is 4.52. The summed E-state index contributed by atoms with van der Waals surface area (Å²) in [6.07, 6.45) is 1.03. The fourth-order valence-electron chi connectivity index (χ4n) is 1.63. The number of furan rings is 1. The van der Waals surface area contributed by atoms with E-state index in [0.29, 0.717) is 0 Å². The summed E-state index contributed by atoms with van der Waals surface area (Å²) in [6, 6.07) is 7.74. The van der Waals surface area contributed by atoms with E-state index in [1.165, 1.54) is 30.3 Å². The Morgan fingerprint density at radius 1 is 1.30 bits per heavy atom. The monoisotopic (exact) mass is 338 g/mol. The largest absolute Gasteiger partial charge is 0.433 e. The maximum atomic E-state index is 11.9. The predicted molar refractivity (Wildman–Crippen MR) is 78.2 cm³/mol. The van der Waals surface area contributed by atoms with Crippen molar-refractivity contribution in [2.45, 2.75) is 4.90 Å². The number of nitrogens with two attached hydrogens (primary N) is 1. The number of carbonyl (C=O) groups is 1. The molecule has 1 heterocycles. The van der Waals surface area contributed by atoms with Gasteiger partial charge in [0.25, 0.3) is 5.91 Å². The van der Waals surface area contributed by atoms with E-state index in [1.54, 1.807) is 0 Å². The minimum atomic E-state index is -4.07. The zero-order chi connectivity index (χ0) is 17.0. The normalized spacial score (nSPS) is 11.5. The fourth-order valence-corrected chi connectivity index (χ4v) is 2.36. The van der Waals surface area contributed by atoms with E-state index >= 15 is 0 Å². The number of primary sulfonamides is 1. The van der Waals surface area contributed by atoms with E-state index in [2.05, 4.69) is 10.5 Å². The second-order valence-electron chi connectivity index (χ2n) is 4.17. The molecule has 23 heavy (non-hydrogen) atoms. The Morgan fingerprint density at radius 3 is 2.61 bits per heavy atom. The van der Waals surface area contributed by atoms with E-state index in [-0.39, 0.29) is 16.2 Å².